The van der Waals surface area contributed by atoms with E-state index in [1.807, 2.05) is 6.92 Å². The van der Waals surface area contributed by atoms with Gasteiger partial charge in [0.1, 0.15) is 0 Å². The second kappa shape index (κ2) is 9.07. The number of rotatable bonds is 7. The van der Waals surface area contributed by atoms with Gasteiger partial charge in [-0.2, -0.15) is 0 Å². The van der Waals surface area contributed by atoms with Gasteiger partial charge < -0.3 is 4.74 Å². The predicted octanol–water partition coefficient (Wildman–Crippen LogP) is 4.19. The molecule has 170 valence electrons. The molecule has 0 fully saturated rings. The fourth-order valence-electron chi connectivity index (χ4n) is 3.57. The van der Waals surface area contributed by atoms with Gasteiger partial charge in [-0.05, 0) is 42.8 Å². The van der Waals surface area contributed by atoms with Crippen LogP contribution in [-0.4, -0.2) is 35.1 Å². The van der Waals surface area contributed by atoms with E-state index in [4.69, 9.17) is 4.74 Å². The number of carbonyl (C=O) groups is 4. The number of ether oxygens (including phenoxy) is 1. The number of nitro benzene ring substituents is 1. The maximum absolute atomic E-state index is 13.0. The Balaban J connectivity index is 1.60. The Kier molecular flexibility index (Phi) is 6.01. The van der Waals surface area contributed by atoms with E-state index in [-0.39, 0.29) is 40.2 Å². The molecule has 0 N–H and O–H groups in total. The van der Waals surface area contributed by atoms with Crippen LogP contribution in [0.3, 0.4) is 0 Å². The number of non-ortho nitro benzene ring substituents is 1. The minimum atomic E-state index is -0.616. The highest BCUT2D eigenvalue weighted by Crippen LogP contribution is 2.30. The zero-order valence-electron chi connectivity index (χ0n) is 18.0. The number of anilines is 1. The Morgan fingerprint density at radius 3 is 2.21 bits per heavy atom. The number of fused-ring (bicyclic) bond motifs is 1. The predicted molar refractivity (Wildman–Crippen MR) is 121 cm³/mol. The van der Waals surface area contributed by atoms with E-state index >= 15 is 0 Å². The maximum Gasteiger partial charge on any atom is 0.338 e. The number of imide groups is 1. The normalized spacial score (nSPS) is 12.4. The molecule has 4 rings (SSSR count). The van der Waals surface area contributed by atoms with Crippen LogP contribution in [0.4, 0.5) is 11.4 Å². The molecule has 0 spiro atoms. The first-order valence-electron chi connectivity index (χ1n) is 10.4. The third kappa shape index (κ3) is 4.06. The zero-order chi connectivity index (χ0) is 24.4. The number of nitro groups is 1. The number of esters is 1. The van der Waals surface area contributed by atoms with Crippen LogP contribution in [0.15, 0.2) is 66.7 Å². The first-order valence-corrected chi connectivity index (χ1v) is 10.4. The van der Waals surface area contributed by atoms with Gasteiger partial charge in [-0.25, -0.2) is 9.69 Å². The van der Waals surface area contributed by atoms with E-state index in [1.165, 1.54) is 60.7 Å². The minimum absolute atomic E-state index is 0.0488. The first kappa shape index (κ1) is 22.5. The van der Waals surface area contributed by atoms with Crippen molar-refractivity contribution in [1.29, 1.82) is 0 Å². The van der Waals surface area contributed by atoms with Crippen LogP contribution in [0.1, 0.15) is 60.3 Å². The van der Waals surface area contributed by atoms with E-state index < -0.39 is 28.5 Å². The second-order valence-electron chi connectivity index (χ2n) is 7.53. The summed E-state index contributed by atoms with van der Waals surface area (Å²) in [4.78, 5) is 62.1. The Labute approximate surface area is 193 Å². The molecule has 1 aliphatic rings. The number of amides is 2. The monoisotopic (exact) mass is 458 g/mol. The van der Waals surface area contributed by atoms with Crippen molar-refractivity contribution in [3.8, 4) is 0 Å². The maximum atomic E-state index is 13.0. The van der Waals surface area contributed by atoms with Crippen LogP contribution in [0.25, 0.3) is 0 Å². The SMILES string of the molecule is CCCOC(=O)c1ccc(N2C(=O)c3ccc(C(=O)c4cccc([N+](=O)[O-])c4)cc3C2=O)cc1. The van der Waals surface area contributed by atoms with Crippen molar-refractivity contribution in [2.45, 2.75) is 13.3 Å². The lowest BCUT2D eigenvalue weighted by molar-refractivity contribution is -0.384. The standard InChI is InChI=1S/C25H18N2O7/c1-2-12-34-25(31)15-6-9-18(10-7-15)26-23(29)20-11-8-17(14-21(20)24(26)30)22(28)16-4-3-5-19(13-16)27(32)33/h3-11,13-14H,2,12H2,1H3. The quantitative estimate of drug-likeness (QED) is 0.171. The molecule has 3 aromatic carbocycles. The highest BCUT2D eigenvalue weighted by atomic mass is 16.6. The molecule has 0 saturated carbocycles. The largest absolute Gasteiger partial charge is 0.462 e. The average molecular weight is 458 g/mol. The summed E-state index contributed by atoms with van der Waals surface area (Å²) in [6.45, 7) is 2.16. The van der Waals surface area contributed by atoms with Gasteiger partial charge in [0.2, 0.25) is 0 Å². The molecule has 9 nitrogen and oxygen atoms in total. The number of carbonyl (C=O) groups excluding carboxylic acids is 4. The second-order valence-corrected chi connectivity index (χ2v) is 7.53. The highest BCUT2D eigenvalue weighted by molar-refractivity contribution is 6.35. The molecule has 0 atom stereocenters. The first-order chi connectivity index (χ1) is 16.3. The van der Waals surface area contributed by atoms with Crippen LogP contribution in [0, 0.1) is 10.1 Å². The summed E-state index contributed by atoms with van der Waals surface area (Å²) in [7, 11) is 0. The van der Waals surface area contributed by atoms with Crippen molar-refractivity contribution < 1.29 is 28.8 Å². The van der Waals surface area contributed by atoms with Gasteiger partial charge in [-0.3, -0.25) is 24.5 Å². The van der Waals surface area contributed by atoms with Gasteiger partial charge in [0, 0.05) is 23.3 Å². The number of benzene rings is 3. The minimum Gasteiger partial charge on any atom is -0.462 e. The summed E-state index contributed by atoms with van der Waals surface area (Å²) in [6, 6.07) is 15.2. The van der Waals surface area contributed by atoms with Gasteiger partial charge in [0.25, 0.3) is 17.5 Å². The molecule has 0 radical (unpaired) electrons. The van der Waals surface area contributed by atoms with E-state index in [1.54, 1.807) is 0 Å². The summed E-state index contributed by atoms with van der Waals surface area (Å²) < 4.78 is 5.07. The van der Waals surface area contributed by atoms with Gasteiger partial charge in [0.15, 0.2) is 5.78 Å². The lowest BCUT2D eigenvalue weighted by Gasteiger charge is -2.14. The molecule has 0 saturated heterocycles. The summed E-state index contributed by atoms with van der Waals surface area (Å²) >= 11 is 0. The fourth-order valence-corrected chi connectivity index (χ4v) is 3.57. The number of nitrogens with zero attached hydrogens (tertiary/aromatic N) is 2. The lowest BCUT2D eigenvalue weighted by Crippen LogP contribution is -2.29. The number of ketones is 1. The van der Waals surface area contributed by atoms with E-state index in [2.05, 4.69) is 0 Å². The third-order valence-electron chi connectivity index (χ3n) is 5.27. The molecule has 0 unspecified atom stereocenters. The van der Waals surface area contributed by atoms with Gasteiger partial charge >= 0.3 is 5.97 Å². The zero-order valence-corrected chi connectivity index (χ0v) is 18.0. The molecule has 0 bridgehead atoms. The molecular weight excluding hydrogens is 440 g/mol. The smallest absolute Gasteiger partial charge is 0.338 e. The molecule has 2 amide bonds. The molecule has 0 aliphatic carbocycles. The van der Waals surface area contributed by atoms with Crippen LogP contribution >= 0.6 is 0 Å². The van der Waals surface area contributed by atoms with Crippen LogP contribution < -0.4 is 4.90 Å². The molecular formula is C25H18N2O7. The van der Waals surface area contributed by atoms with Crippen molar-refractivity contribution in [2.24, 2.45) is 0 Å². The van der Waals surface area contributed by atoms with E-state index in [9.17, 15) is 29.3 Å². The molecule has 34 heavy (non-hydrogen) atoms. The third-order valence-corrected chi connectivity index (χ3v) is 5.27. The van der Waals surface area contributed by atoms with Crippen LogP contribution in [0.5, 0.6) is 0 Å². The van der Waals surface area contributed by atoms with Gasteiger partial charge in [0.05, 0.1) is 33.9 Å². The molecule has 1 aliphatic heterocycles. The van der Waals surface area contributed by atoms with Crippen molar-refractivity contribution in [1.82, 2.24) is 0 Å². The summed E-state index contributed by atoms with van der Waals surface area (Å²) in [5, 5.41) is 11.0. The van der Waals surface area contributed by atoms with Crippen molar-refractivity contribution >= 4 is 34.9 Å². The number of hydrogen-bond donors (Lipinski definition) is 0. The van der Waals surface area contributed by atoms with Crippen LogP contribution in [-0.2, 0) is 4.74 Å². The topological polar surface area (TPSA) is 124 Å². The fraction of sp³-hybridized carbons (Fsp3) is 0.120. The van der Waals surface area contributed by atoms with Crippen LogP contribution in [0.2, 0.25) is 0 Å². The molecule has 9 heteroatoms. The Hall–Kier alpha value is -4.66. The average Bonchev–Trinajstić information content (AvgIpc) is 3.11. The van der Waals surface area contributed by atoms with Gasteiger partial charge in [-0.1, -0.05) is 25.1 Å². The molecule has 3 aromatic rings. The summed E-state index contributed by atoms with van der Waals surface area (Å²) in [6.07, 6.45) is 0.685. The van der Waals surface area contributed by atoms with E-state index in [0.717, 1.165) is 11.0 Å². The molecule has 0 aromatic heterocycles. The van der Waals surface area contributed by atoms with Crippen molar-refractivity contribution in [3.05, 3.63) is 105 Å². The van der Waals surface area contributed by atoms with E-state index in [0.29, 0.717) is 12.0 Å². The lowest BCUT2D eigenvalue weighted by atomic mass is 9.99. The highest BCUT2D eigenvalue weighted by Gasteiger charge is 2.37. The molecule has 1 heterocycles. The van der Waals surface area contributed by atoms with Gasteiger partial charge in [-0.15, -0.1) is 0 Å². The number of hydrogen-bond acceptors (Lipinski definition) is 7. The Morgan fingerprint density at radius 2 is 1.53 bits per heavy atom. The van der Waals surface area contributed by atoms with Crippen molar-refractivity contribution in [3.63, 3.8) is 0 Å². The Morgan fingerprint density at radius 1 is 0.882 bits per heavy atom. The summed E-state index contributed by atoms with van der Waals surface area (Å²) in [5.74, 6) is -2.19. The van der Waals surface area contributed by atoms with Crippen molar-refractivity contribution in [2.75, 3.05) is 11.5 Å². The Bertz CT molecular complexity index is 1350. The summed E-state index contributed by atoms with van der Waals surface area (Å²) in [5.41, 5.74) is 0.722.